The van der Waals surface area contributed by atoms with Gasteiger partial charge in [0.2, 0.25) is 0 Å². The minimum atomic E-state index is -4.67. The largest absolute Gasteiger partial charge is 0.394 e. The van der Waals surface area contributed by atoms with Gasteiger partial charge in [-0.2, -0.15) is 25.3 Å². The molecule has 0 saturated carbocycles. The van der Waals surface area contributed by atoms with E-state index in [1.165, 1.54) is 0 Å². The molecule has 0 radical (unpaired) electrons. The molecule has 0 amide bonds. The van der Waals surface area contributed by atoms with E-state index in [0.717, 1.165) is 0 Å². The monoisotopic (exact) mass is 473 g/mol. The van der Waals surface area contributed by atoms with Gasteiger partial charge in [-0.3, -0.25) is 27.3 Å². The van der Waals surface area contributed by atoms with Crippen LogP contribution in [0.2, 0.25) is 0 Å². The van der Waals surface area contributed by atoms with Crippen molar-refractivity contribution in [1.82, 2.24) is 0 Å². The first kappa shape index (κ1) is 33.6. The van der Waals surface area contributed by atoms with Gasteiger partial charge in [-0.15, -0.1) is 0 Å². The molecule has 0 aromatic heterocycles. The van der Waals surface area contributed by atoms with E-state index in [-0.39, 0.29) is 6.29 Å². The van der Waals surface area contributed by atoms with E-state index in [9.17, 15) is 4.79 Å². The third-order valence-corrected chi connectivity index (χ3v) is 1.48. The highest BCUT2D eigenvalue weighted by Gasteiger charge is 2.28. The number of carbonyl (C=O) groups excluding carboxylic acids is 1. The Labute approximate surface area is 152 Å². The van der Waals surface area contributed by atoms with E-state index < -0.39 is 62.2 Å². The van der Waals surface area contributed by atoms with Gasteiger partial charge in [0, 0.05) is 0 Å². The molecule has 0 heterocycles. The Morgan fingerprint density at radius 3 is 1.07 bits per heavy atom. The predicted octanol–water partition coefficient (Wildman–Crippen LogP) is -5.37. The molecule has 4 atom stereocenters. The summed E-state index contributed by atoms with van der Waals surface area (Å²) in [6.07, 6.45) is -4.43. The minimum Gasteiger partial charge on any atom is -0.394 e. The highest BCUT2D eigenvalue weighted by atomic mass is 32.3. The summed E-state index contributed by atoms with van der Waals surface area (Å²) in [6.45, 7) is -0.705. The Balaban J connectivity index is -0.000000147. The van der Waals surface area contributed by atoms with Crippen molar-refractivity contribution < 1.29 is 77.8 Å². The summed E-state index contributed by atoms with van der Waals surface area (Å²) in [6, 6.07) is -1.26. The predicted molar refractivity (Wildman–Crippen MR) is 81.7 cm³/mol. The van der Waals surface area contributed by atoms with Crippen molar-refractivity contribution in [2.75, 3.05) is 6.61 Å². The van der Waals surface area contributed by atoms with E-state index in [4.69, 9.17) is 78.7 Å². The maximum atomic E-state index is 10.0. The summed E-state index contributed by atoms with van der Waals surface area (Å²) in [5.74, 6) is 0. The molecule has 0 saturated heterocycles. The van der Waals surface area contributed by atoms with Crippen LogP contribution < -0.4 is 5.73 Å². The standard InChI is InChI=1S/C6H13NO5.3H2O4S/c7-3(1-8)5(11)6(12)4(10)2-9;3*1-5(2,3)4/h1,3-6,9-12H,2,7H2;3*(H2,1,2,3,4)/t3-,4+,5+,6+;;;/m0.../s1. The van der Waals surface area contributed by atoms with Gasteiger partial charge in [-0.1, -0.05) is 0 Å². The Hall–Kier alpha value is -0.920. The summed E-state index contributed by atoms with van der Waals surface area (Å²) in [5.41, 5.74) is 5.04. The van der Waals surface area contributed by atoms with Crippen LogP contribution in [0.3, 0.4) is 0 Å². The normalized spacial score (nSPS) is 15.8. The molecule has 0 aliphatic carbocycles. The molecule has 0 aromatic carbocycles. The molecule has 12 N–H and O–H groups in total. The maximum Gasteiger partial charge on any atom is 0.394 e. The fourth-order valence-electron chi connectivity index (χ4n) is 0.644. The second-order valence-corrected chi connectivity index (χ2v) is 6.48. The number of hydrogen-bond donors (Lipinski definition) is 11. The number of aliphatic hydroxyl groups excluding tert-OH is 4. The first-order valence-electron chi connectivity index (χ1n) is 5.50. The van der Waals surface area contributed by atoms with Gasteiger partial charge in [-0.05, 0) is 0 Å². The maximum absolute atomic E-state index is 10.0. The molecule has 27 heavy (non-hydrogen) atoms. The van der Waals surface area contributed by atoms with E-state index >= 15 is 0 Å². The molecule has 0 unspecified atom stereocenters. The average Bonchev–Trinajstić information content (AvgIpc) is 2.38. The lowest BCUT2D eigenvalue weighted by Crippen LogP contribution is -2.49. The molecule has 0 fully saturated rings. The Morgan fingerprint density at radius 1 is 0.704 bits per heavy atom. The SMILES string of the molecule is N[C@@H](C=O)[C@@H](O)[C@H](O)[C@H](O)CO.O=S(=O)(O)O.O=S(=O)(O)O.O=S(=O)(O)O. The van der Waals surface area contributed by atoms with Gasteiger partial charge in [-0.25, -0.2) is 0 Å². The zero-order valence-corrected chi connectivity index (χ0v) is 15.2. The number of aliphatic hydroxyl groups is 4. The summed E-state index contributed by atoms with van der Waals surface area (Å²) in [7, 11) is -14.0. The molecule has 0 spiro atoms. The van der Waals surface area contributed by atoms with Crippen molar-refractivity contribution in [1.29, 1.82) is 0 Å². The Kier molecular flexibility index (Phi) is 18.8. The Morgan fingerprint density at radius 2 is 0.926 bits per heavy atom. The number of carbonyl (C=O) groups is 1. The third-order valence-electron chi connectivity index (χ3n) is 1.48. The highest BCUT2D eigenvalue weighted by molar-refractivity contribution is 7.80. The number of nitrogens with two attached hydrogens (primary N) is 1. The van der Waals surface area contributed by atoms with Gasteiger partial charge in [0.25, 0.3) is 0 Å². The average molecular weight is 473 g/mol. The first-order chi connectivity index (χ1) is 11.5. The smallest absolute Gasteiger partial charge is 0.394 e. The molecule has 168 valence electrons. The van der Waals surface area contributed by atoms with Crippen LogP contribution in [0.25, 0.3) is 0 Å². The van der Waals surface area contributed by atoms with Crippen molar-refractivity contribution in [3.8, 4) is 0 Å². The molecule has 0 rings (SSSR count). The van der Waals surface area contributed by atoms with Crippen molar-refractivity contribution in [3.63, 3.8) is 0 Å². The topological polar surface area (TPSA) is 348 Å². The van der Waals surface area contributed by atoms with E-state index in [0.29, 0.717) is 0 Å². The van der Waals surface area contributed by atoms with Crippen LogP contribution >= 0.6 is 0 Å². The van der Waals surface area contributed by atoms with Gasteiger partial charge in [0.15, 0.2) is 0 Å². The lowest BCUT2D eigenvalue weighted by atomic mass is 10.0. The molecule has 0 aliphatic rings. The van der Waals surface area contributed by atoms with Crippen LogP contribution in [0.5, 0.6) is 0 Å². The number of aldehydes is 1. The van der Waals surface area contributed by atoms with Crippen LogP contribution in [0.15, 0.2) is 0 Å². The molecule has 21 heteroatoms. The molecular formula is C6H19NO17S3. The van der Waals surface area contributed by atoms with Gasteiger partial charge in [0.1, 0.15) is 24.6 Å². The fraction of sp³-hybridized carbons (Fsp3) is 0.833. The van der Waals surface area contributed by atoms with Crippen LogP contribution in [-0.2, 0) is 36.0 Å². The van der Waals surface area contributed by atoms with Gasteiger partial charge < -0.3 is 31.0 Å². The third kappa shape index (κ3) is 58.7. The molecular weight excluding hydrogens is 454 g/mol. The summed E-state index contributed by atoms with van der Waals surface area (Å²) in [5, 5.41) is 35.2. The molecule has 0 aliphatic heterocycles. The summed E-state index contributed by atoms with van der Waals surface area (Å²) in [4.78, 5) is 10.0. The first-order valence-corrected chi connectivity index (χ1v) is 9.69. The quantitative estimate of drug-likeness (QED) is 0.131. The number of rotatable bonds is 5. The van der Waals surface area contributed by atoms with Crippen molar-refractivity contribution in [2.45, 2.75) is 24.4 Å². The zero-order valence-electron chi connectivity index (χ0n) is 12.7. The highest BCUT2D eigenvalue weighted by Crippen LogP contribution is 2.01. The van der Waals surface area contributed by atoms with Crippen LogP contribution in [-0.4, -0.2) is 110 Å². The van der Waals surface area contributed by atoms with Crippen LogP contribution in [0.4, 0.5) is 0 Å². The van der Waals surface area contributed by atoms with Gasteiger partial charge >= 0.3 is 31.2 Å². The lowest BCUT2D eigenvalue weighted by molar-refractivity contribution is -0.118. The van der Waals surface area contributed by atoms with Crippen molar-refractivity contribution >= 4 is 37.5 Å². The van der Waals surface area contributed by atoms with Crippen LogP contribution in [0, 0.1) is 0 Å². The van der Waals surface area contributed by atoms with Gasteiger partial charge in [0.05, 0.1) is 12.6 Å². The zero-order chi connectivity index (χ0) is 23.2. The van der Waals surface area contributed by atoms with Crippen LogP contribution in [0.1, 0.15) is 0 Å². The number of hydrogen-bond acceptors (Lipinski definition) is 12. The second kappa shape index (κ2) is 15.1. The Bertz CT molecular complexity index is 587. The molecule has 0 bridgehead atoms. The van der Waals surface area contributed by atoms with E-state index in [2.05, 4.69) is 0 Å². The van der Waals surface area contributed by atoms with Crippen molar-refractivity contribution in [2.24, 2.45) is 5.73 Å². The lowest BCUT2D eigenvalue weighted by Gasteiger charge is -2.23. The summed E-state index contributed by atoms with van der Waals surface area (Å²) < 4.78 is 94.8. The van der Waals surface area contributed by atoms with E-state index in [1.807, 2.05) is 0 Å². The van der Waals surface area contributed by atoms with Crippen molar-refractivity contribution in [3.05, 3.63) is 0 Å². The minimum absolute atomic E-state index is 0.248. The second-order valence-electron chi connectivity index (χ2n) is 3.79. The summed E-state index contributed by atoms with van der Waals surface area (Å²) >= 11 is 0. The fourth-order valence-corrected chi connectivity index (χ4v) is 0.644. The molecule has 18 nitrogen and oxygen atoms in total. The van der Waals surface area contributed by atoms with E-state index in [1.54, 1.807) is 0 Å². The molecule has 0 aromatic rings.